The quantitative estimate of drug-likeness (QED) is 0.171. The molecule has 40 heavy (non-hydrogen) atoms. The van der Waals surface area contributed by atoms with Crippen molar-refractivity contribution >= 4 is 11.8 Å². The zero-order valence-electron chi connectivity index (χ0n) is 21.1. The molecule has 0 saturated carbocycles. The van der Waals surface area contributed by atoms with Crippen LogP contribution in [0.1, 0.15) is 22.4 Å². The van der Waals surface area contributed by atoms with Crippen molar-refractivity contribution in [1.29, 1.82) is 0 Å². The summed E-state index contributed by atoms with van der Waals surface area (Å²) in [5.74, 6) is 1.77. The van der Waals surface area contributed by atoms with Crippen LogP contribution in [0.5, 0.6) is 11.5 Å². The third-order valence-electron chi connectivity index (χ3n) is 6.82. The molecule has 3 heterocycles. The van der Waals surface area contributed by atoms with E-state index in [0.29, 0.717) is 17.3 Å². The van der Waals surface area contributed by atoms with Gasteiger partial charge in [-0.2, -0.15) is 12.1 Å². The Hall–Kier alpha value is -4.05. The zero-order chi connectivity index (χ0) is 26.1. The maximum absolute atomic E-state index is 6.34. The molecule has 0 spiro atoms. The summed E-state index contributed by atoms with van der Waals surface area (Å²) in [7, 11) is 0. The van der Waals surface area contributed by atoms with E-state index in [1.54, 1.807) is 30.2 Å². The van der Waals surface area contributed by atoms with Gasteiger partial charge in [0.05, 0.1) is 16.9 Å². The van der Waals surface area contributed by atoms with Gasteiger partial charge in [0.1, 0.15) is 0 Å². The molecular weight excluding hydrogens is 694 g/mol. The van der Waals surface area contributed by atoms with Crippen LogP contribution in [-0.4, -0.2) is 15.0 Å². The third-order valence-corrected chi connectivity index (χ3v) is 7.97. The fourth-order valence-electron chi connectivity index (χ4n) is 5.20. The van der Waals surface area contributed by atoms with E-state index in [4.69, 9.17) is 9.72 Å². The molecule has 1 aliphatic rings. The Morgan fingerprint density at radius 3 is 1.90 bits per heavy atom. The van der Waals surface area contributed by atoms with Crippen molar-refractivity contribution in [2.24, 2.45) is 0 Å². The van der Waals surface area contributed by atoms with Crippen molar-refractivity contribution in [1.82, 2.24) is 15.0 Å². The van der Waals surface area contributed by atoms with Crippen LogP contribution in [0, 0.1) is 12.1 Å². The number of fused-ring (bicyclic) bond motifs is 2. The number of nitrogens with zero attached hydrogens (tertiary/aromatic N) is 3. The molecule has 194 valence electrons. The summed E-state index contributed by atoms with van der Waals surface area (Å²) in [6, 6.07) is 43.7. The first kappa shape index (κ1) is 26.2. The van der Waals surface area contributed by atoms with Crippen LogP contribution in [0.3, 0.4) is 0 Å². The predicted octanol–water partition coefficient (Wildman–Crippen LogP) is 7.78. The molecule has 1 aliphatic heterocycles. The molecule has 0 N–H and O–H groups in total. The summed E-state index contributed by atoms with van der Waals surface area (Å²) in [5, 5.41) is 0. The molecule has 0 atom stereocenters. The summed E-state index contributed by atoms with van der Waals surface area (Å²) in [4.78, 5) is 16.0. The van der Waals surface area contributed by atoms with Crippen LogP contribution in [0.2, 0.25) is 0 Å². The molecule has 6 aromatic rings. The van der Waals surface area contributed by atoms with Crippen LogP contribution in [-0.2, 0) is 26.5 Å². The molecule has 0 saturated heterocycles. The predicted molar refractivity (Wildman–Crippen MR) is 152 cm³/mol. The van der Waals surface area contributed by atoms with Gasteiger partial charge < -0.3 is 4.74 Å². The van der Waals surface area contributed by atoms with E-state index in [2.05, 4.69) is 82.8 Å². The number of hydrogen-bond donors (Lipinski definition) is 0. The minimum atomic E-state index is -0.664. The third kappa shape index (κ3) is 4.56. The molecule has 0 radical (unpaired) electrons. The number of pyridine rings is 1. The zero-order valence-corrected chi connectivity index (χ0v) is 24.2. The normalized spacial score (nSPS) is 12.9. The number of aromatic nitrogens is 3. The Morgan fingerprint density at radius 2 is 1.20 bits per heavy atom. The van der Waals surface area contributed by atoms with E-state index >= 15 is 0 Å². The molecule has 2 aromatic heterocycles. The smallest absolute Gasteiger partial charge is 0.503 e. The van der Waals surface area contributed by atoms with Crippen molar-refractivity contribution < 1.29 is 25.8 Å². The van der Waals surface area contributed by atoms with E-state index in [-0.39, 0.29) is 21.1 Å². The molecule has 0 bridgehead atoms. The van der Waals surface area contributed by atoms with Crippen LogP contribution in [0.15, 0.2) is 138 Å². The van der Waals surface area contributed by atoms with Crippen molar-refractivity contribution in [2.75, 3.05) is 0 Å². The summed E-state index contributed by atoms with van der Waals surface area (Å²) in [5.41, 5.74) is 4.35. The van der Waals surface area contributed by atoms with Crippen LogP contribution in [0.4, 0.5) is 0 Å². The number of rotatable bonds is 5. The van der Waals surface area contributed by atoms with E-state index in [9.17, 15) is 0 Å². The fraction of sp³-hybridized carbons (Fsp3) is 0.0294. The van der Waals surface area contributed by atoms with Gasteiger partial charge in [-0.05, 0) is 41.5 Å². The number of benzene rings is 4. The maximum Gasteiger partial charge on any atom is 2.00 e. The standard InChI is InChI=1S/C34H21N3OS.Pt/c1-3-16-30-28(14-1)34(32-18-5-6-19-35-32,29-15-2-4-17-31(29)39-30)25-11-8-13-27(23-25)38-26-12-7-10-24(22-26)33-36-20-9-21-37-33;/h1-21H;/q-2;+2. The first-order chi connectivity index (χ1) is 19.3. The molecular formula is C34H21N3OPtS. The molecule has 0 fully saturated rings. The van der Waals surface area contributed by atoms with Gasteiger partial charge in [0.15, 0.2) is 0 Å². The molecule has 0 amide bonds. The molecule has 0 unspecified atom stereocenters. The van der Waals surface area contributed by atoms with Gasteiger partial charge in [0.2, 0.25) is 0 Å². The second kappa shape index (κ2) is 11.2. The van der Waals surface area contributed by atoms with Crippen molar-refractivity contribution in [2.45, 2.75) is 15.2 Å². The summed E-state index contributed by atoms with van der Waals surface area (Å²) < 4.78 is 6.34. The van der Waals surface area contributed by atoms with E-state index in [1.165, 1.54) is 20.9 Å². The van der Waals surface area contributed by atoms with Crippen LogP contribution >= 0.6 is 11.8 Å². The number of ether oxygens (including phenoxy) is 1. The monoisotopic (exact) mass is 714 g/mol. The van der Waals surface area contributed by atoms with E-state index in [1.807, 2.05) is 48.7 Å². The second-order valence-electron chi connectivity index (χ2n) is 9.09. The van der Waals surface area contributed by atoms with Crippen molar-refractivity contribution in [3.8, 4) is 22.9 Å². The molecule has 4 nitrogen and oxygen atoms in total. The fourth-order valence-corrected chi connectivity index (χ4v) is 6.40. The van der Waals surface area contributed by atoms with Gasteiger partial charge in [-0.25, -0.2) is 0 Å². The molecule has 0 aliphatic carbocycles. The van der Waals surface area contributed by atoms with Gasteiger partial charge in [-0.3, -0.25) is 15.0 Å². The molecule has 4 aromatic carbocycles. The van der Waals surface area contributed by atoms with Gasteiger partial charge >= 0.3 is 21.1 Å². The molecule has 7 rings (SSSR count). The first-order valence-corrected chi connectivity index (χ1v) is 13.4. The largest absolute Gasteiger partial charge is 2.00 e. The van der Waals surface area contributed by atoms with Gasteiger partial charge in [-0.15, -0.1) is 41.5 Å². The maximum atomic E-state index is 6.34. The SMILES string of the molecule is [Pt+2].[c-]1c(Oc2[c-]c(C3(c4ccccn4)c4ccccc4Sc4ccccc43)ccc2)cccc1-c1ncccn1. The Morgan fingerprint density at radius 1 is 0.575 bits per heavy atom. The Labute approximate surface area is 251 Å². The number of hydrogen-bond acceptors (Lipinski definition) is 5. The first-order valence-electron chi connectivity index (χ1n) is 12.6. The molecule has 6 heteroatoms. The minimum Gasteiger partial charge on any atom is -0.503 e. The van der Waals surface area contributed by atoms with Crippen LogP contribution in [0.25, 0.3) is 11.4 Å². The summed E-state index contributed by atoms with van der Waals surface area (Å²) in [6.07, 6.45) is 5.29. The average molecular weight is 715 g/mol. The topological polar surface area (TPSA) is 47.9 Å². The van der Waals surface area contributed by atoms with Gasteiger partial charge in [0, 0.05) is 39.9 Å². The second-order valence-corrected chi connectivity index (χ2v) is 10.2. The summed E-state index contributed by atoms with van der Waals surface area (Å²) in [6.45, 7) is 0. The van der Waals surface area contributed by atoms with Gasteiger partial charge in [0.25, 0.3) is 0 Å². The Kier molecular flexibility index (Phi) is 7.34. The van der Waals surface area contributed by atoms with Gasteiger partial charge in [-0.1, -0.05) is 60.3 Å². The van der Waals surface area contributed by atoms with Crippen LogP contribution < -0.4 is 4.74 Å². The van der Waals surface area contributed by atoms with E-state index < -0.39 is 5.41 Å². The van der Waals surface area contributed by atoms with Crippen molar-refractivity contribution in [3.63, 3.8) is 0 Å². The van der Waals surface area contributed by atoms with Crippen molar-refractivity contribution in [3.05, 3.63) is 162 Å². The average Bonchev–Trinajstić information content (AvgIpc) is 3.01. The Bertz CT molecular complexity index is 1730. The van der Waals surface area contributed by atoms with E-state index in [0.717, 1.165) is 16.8 Å². The minimum absolute atomic E-state index is 0. The summed E-state index contributed by atoms with van der Waals surface area (Å²) >= 11 is 1.79. The Balaban J connectivity index is 0.00000289.